The Morgan fingerprint density at radius 3 is 2.53 bits per heavy atom. The first kappa shape index (κ1) is 15.1. The smallest absolute Gasteiger partial charge is 0.386 e. The van der Waals surface area contributed by atoms with E-state index in [1.54, 1.807) is 14.2 Å². The van der Waals surface area contributed by atoms with Crippen molar-refractivity contribution in [2.75, 3.05) is 27.4 Å². The van der Waals surface area contributed by atoms with Crippen LogP contribution in [0.3, 0.4) is 0 Å². The average molecular weight is 263 g/mol. The number of halogens is 1. The standard InChI is InChI=1S/C12H26FNO2Si/c1-4-12-8-5-6-10-14(12)17(15-2,16-3)11-7-9-13/h12H,4-11H2,1-3H3. The van der Waals surface area contributed by atoms with Crippen LogP contribution < -0.4 is 0 Å². The molecule has 1 atom stereocenters. The summed E-state index contributed by atoms with van der Waals surface area (Å²) in [7, 11) is 1.08. The molecule has 17 heavy (non-hydrogen) atoms. The Morgan fingerprint density at radius 2 is 2.00 bits per heavy atom. The molecule has 0 spiro atoms. The second kappa shape index (κ2) is 7.46. The van der Waals surface area contributed by atoms with E-state index in [0.717, 1.165) is 19.0 Å². The second-order valence-corrected chi connectivity index (χ2v) is 7.98. The zero-order valence-corrected chi connectivity index (χ0v) is 12.4. The third-order valence-corrected chi connectivity index (χ3v) is 7.53. The van der Waals surface area contributed by atoms with Gasteiger partial charge in [-0.1, -0.05) is 13.3 Å². The van der Waals surface area contributed by atoms with E-state index in [0.29, 0.717) is 12.5 Å². The van der Waals surface area contributed by atoms with Gasteiger partial charge in [0.15, 0.2) is 0 Å². The molecule has 0 N–H and O–H groups in total. The summed E-state index contributed by atoms with van der Waals surface area (Å²) < 4.78 is 26.3. The molecule has 0 radical (unpaired) electrons. The Morgan fingerprint density at radius 1 is 1.29 bits per heavy atom. The van der Waals surface area contributed by atoms with E-state index in [1.807, 2.05) is 0 Å². The van der Waals surface area contributed by atoms with Crippen LogP contribution in [0.5, 0.6) is 0 Å². The van der Waals surface area contributed by atoms with Gasteiger partial charge in [-0.25, -0.2) is 0 Å². The number of alkyl halides is 1. The Balaban J connectivity index is 2.78. The lowest BCUT2D eigenvalue weighted by molar-refractivity contribution is 0.111. The number of nitrogens with zero attached hydrogens (tertiary/aromatic N) is 1. The quantitative estimate of drug-likeness (QED) is 0.659. The van der Waals surface area contributed by atoms with Crippen molar-refractivity contribution in [1.29, 1.82) is 0 Å². The Labute approximate surface area is 106 Å². The molecule has 0 aromatic heterocycles. The highest BCUT2D eigenvalue weighted by Crippen LogP contribution is 2.29. The van der Waals surface area contributed by atoms with E-state index in [4.69, 9.17) is 8.85 Å². The Hall–Kier alpha value is 0.0269. The molecule has 0 saturated carbocycles. The van der Waals surface area contributed by atoms with Crippen LogP contribution in [0.1, 0.15) is 39.0 Å². The summed E-state index contributed by atoms with van der Waals surface area (Å²) in [6, 6.07) is 1.28. The lowest BCUT2D eigenvalue weighted by Crippen LogP contribution is -2.62. The van der Waals surface area contributed by atoms with Crippen LogP contribution in [0.25, 0.3) is 0 Å². The van der Waals surface area contributed by atoms with E-state index in [9.17, 15) is 4.39 Å². The topological polar surface area (TPSA) is 21.7 Å². The van der Waals surface area contributed by atoms with Gasteiger partial charge < -0.3 is 8.85 Å². The fourth-order valence-corrected chi connectivity index (χ4v) is 6.11. The van der Waals surface area contributed by atoms with Gasteiger partial charge in [0.05, 0.1) is 6.67 Å². The van der Waals surface area contributed by atoms with Crippen LogP contribution in [0.15, 0.2) is 0 Å². The van der Waals surface area contributed by atoms with Crippen LogP contribution in [-0.2, 0) is 8.85 Å². The monoisotopic (exact) mass is 263 g/mol. The molecule has 3 nitrogen and oxygen atoms in total. The molecule has 1 rings (SSSR count). The molecular formula is C12H26FNO2Si. The molecule has 5 heteroatoms. The van der Waals surface area contributed by atoms with E-state index >= 15 is 0 Å². The SMILES string of the molecule is CCC1CCCCN1[Si](CCCF)(OC)OC. The van der Waals surface area contributed by atoms with Crippen molar-refractivity contribution in [3.05, 3.63) is 0 Å². The molecule has 1 saturated heterocycles. The van der Waals surface area contributed by atoms with Crippen molar-refractivity contribution < 1.29 is 13.2 Å². The van der Waals surface area contributed by atoms with Crippen molar-refractivity contribution in [3.63, 3.8) is 0 Å². The first-order valence-electron chi connectivity index (χ1n) is 6.67. The van der Waals surface area contributed by atoms with Crippen molar-refractivity contribution in [2.24, 2.45) is 0 Å². The molecule has 1 unspecified atom stereocenters. The van der Waals surface area contributed by atoms with E-state index in [-0.39, 0.29) is 6.67 Å². The molecule has 1 heterocycles. The van der Waals surface area contributed by atoms with Gasteiger partial charge in [0.25, 0.3) is 0 Å². The second-order valence-electron chi connectivity index (χ2n) is 4.66. The van der Waals surface area contributed by atoms with Crippen LogP contribution in [0.2, 0.25) is 6.04 Å². The van der Waals surface area contributed by atoms with Gasteiger partial charge in [-0.2, -0.15) is 0 Å². The molecule has 0 amide bonds. The maximum absolute atomic E-state index is 12.4. The Bertz CT molecular complexity index is 215. The maximum atomic E-state index is 12.4. The van der Waals surface area contributed by atoms with Crippen molar-refractivity contribution in [3.8, 4) is 0 Å². The predicted octanol–water partition coefficient (Wildman–Crippen LogP) is 2.84. The number of piperidine rings is 1. The predicted molar refractivity (Wildman–Crippen MR) is 69.8 cm³/mol. The van der Waals surface area contributed by atoms with E-state index in [2.05, 4.69) is 11.5 Å². The van der Waals surface area contributed by atoms with Crippen LogP contribution in [-0.4, -0.2) is 46.8 Å². The van der Waals surface area contributed by atoms with Crippen molar-refractivity contribution >= 4 is 8.72 Å². The zero-order valence-electron chi connectivity index (χ0n) is 11.4. The minimum atomic E-state index is -2.35. The minimum Gasteiger partial charge on any atom is -0.386 e. The highest BCUT2D eigenvalue weighted by Gasteiger charge is 2.46. The summed E-state index contributed by atoms with van der Waals surface area (Å²) in [5.74, 6) is 0. The molecule has 0 aromatic rings. The third-order valence-electron chi connectivity index (χ3n) is 3.80. The molecule has 1 aliphatic rings. The molecular weight excluding hydrogens is 237 g/mol. The van der Waals surface area contributed by atoms with Gasteiger partial charge in [-0.15, -0.1) is 0 Å². The normalized spacial score (nSPS) is 22.9. The number of hydrogen-bond acceptors (Lipinski definition) is 3. The number of hydrogen-bond donors (Lipinski definition) is 0. The third kappa shape index (κ3) is 3.50. The molecule has 0 aromatic carbocycles. The van der Waals surface area contributed by atoms with Crippen LogP contribution in [0.4, 0.5) is 4.39 Å². The summed E-state index contributed by atoms with van der Waals surface area (Å²) in [6.07, 6.45) is 5.37. The zero-order chi connectivity index (χ0) is 12.7. The first-order chi connectivity index (χ1) is 8.24. The molecule has 1 fully saturated rings. The summed E-state index contributed by atoms with van der Waals surface area (Å²) in [6.45, 7) is 2.97. The lowest BCUT2D eigenvalue weighted by atomic mass is 10.0. The minimum absolute atomic E-state index is 0.286. The van der Waals surface area contributed by atoms with Crippen molar-refractivity contribution in [2.45, 2.75) is 51.1 Å². The van der Waals surface area contributed by atoms with E-state index < -0.39 is 8.72 Å². The summed E-state index contributed by atoms with van der Waals surface area (Å²) in [5.41, 5.74) is 0. The van der Waals surface area contributed by atoms with Gasteiger partial charge in [-0.3, -0.25) is 8.96 Å². The molecule has 0 bridgehead atoms. The first-order valence-corrected chi connectivity index (χ1v) is 8.64. The highest BCUT2D eigenvalue weighted by atomic mass is 28.4. The van der Waals surface area contributed by atoms with Crippen LogP contribution >= 0.6 is 0 Å². The molecule has 0 aliphatic carbocycles. The largest absolute Gasteiger partial charge is 0.427 e. The highest BCUT2D eigenvalue weighted by molar-refractivity contribution is 6.64. The van der Waals surface area contributed by atoms with Gasteiger partial charge in [0.2, 0.25) is 0 Å². The maximum Gasteiger partial charge on any atom is 0.427 e. The van der Waals surface area contributed by atoms with Gasteiger partial charge in [-0.05, 0) is 32.2 Å². The summed E-state index contributed by atoms with van der Waals surface area (Å²) in [5, 5.41) is 0. The van der Waals surface area contributed by atoms with Crippen LogP contribution in [0, 0.1) is 0 Å². The van der Waals surface area contributed by atoms with Crippen molar-refractivity contribution in [1.82, 2.24) is 4.57 Å². The summed E-state index contributed by atoms with van der Waals surface area (Å²) >= 11 is 0. The lowest BCUT2D eigenvalue weighted by Gasteiger charge is -2.45. The van der Waals surface area contributed by atoms with Gasteiger partial charge >= 0.3 is 8.72 Å². The molecule has 1 aliphatic heterocycles. The summed E-state index contributed by atoms with van der Waals surface area (Å²) in [4.78, 5) is 0. The fraction of sp³-hybridized carbons (Fsp3) is 1.00. The molecule has 102 valence electrons. The Kier molecular flexibility index (Phi) is 6.62. The average Bonchev–Trinajstić information content (AvgIpc) is 2.41. The van der Waals surface area contributed by atoms with Gasteiger partial charge in [0.1, 0.15) is 0 Å². The number of rotatable bonds is 7. The van der Waals surface area contributed by atoms with Gasteiger partial charge in [0, 0.05) is 26.3 Å². The fourth-order valence-electron chi connectivity index (χ4n) is 2.83. The van der Waals surface area contributed by atoms with E-state index in [1.165, 1.54) is 19.3 Å².